The number of rotatable bonds is 5. The van der Waals surface area contributed by atoms with Crippen molar-refractivity contribution in [3.63, 3.8) is 0 Å². The molecule has 1 fully saturated rings. The number of urea groups is 1. The van der Waals surface area contributed by atoms with Crippen LogP contribution in [0.1, 0.15) is 18.1 Å². The zero-order valence-electron chi connectivity index (χ0n) is 17.1. The highest BCUT2D eigenvalue weighted by Gasteiger charge is 2.49. The number of nitrogens with zero attached hydrogens (tertiary/aromatic N) is 2. The van der Waals surface area contributed by atoms with E-state index in [1.807, 2.05) is 0 Å². The molecule has 1 unspecified atom stereocenters. The second-order valence-corrected chi connectivity index (χ2v) is 7.48. The standard InChI is InChI=1S/C21H21F3N4O3/c1-20(13-7-5-4-6-8-13)18(30)28(19(31)26-20)12-17(29)25-16-10-9-14(27(2)3)11-15(16)21(22,23)24/h4-11H,12H2,1-3H3,(H,25,29)(H,26,31). The van der Waals surface area contributed by atoms with Gasteiger partial charge in [0, 0.05) is 19.8 Å². The van der Waals surface area contributed by atoms with Crippen LogP contribution in [0.4, 0.5) is 29.3 Å². The summed E-state index contributed by atoms with van der Waals surface area (Å²) in [6, 6.07) is 11.1. The second kappa shape index (κ2) is 7.93. The van der Waals surface area contributed by atoms with Crippen molar-refractivity contribution in [3.8, 4) is 0 Å². The van der Waals surface area contributed by atoms with Gasteiger partial charge in [-0.1, -0.05) is 30.3 Å². The number of carbonyl (C=O) groups excluding carboxylic acids is 3. The number of halogens is 3. The molecule has 4 amide bonds. The van der Waals surface area contributed by atoms with Gasteiger partial charge in [-0.25, -0.2) is 4.79 Å². The summed E-state index contributed by atoms with van der Waals surface area (Å²) in [5.41, 5.74) is -2.03. The molecule has 1 atom stereocenters. The SMILES string of the molecule is CN(C)c1ccc(NC(=O)CN2C(=O)NC(C)(c3ccccc3)C2=O)c(C(F)(F)F)c1. The van der Waals surface area contributed by atoms with Crippen LogP contribution in [-0.4, -0.2) is 43.4 Å². The number of anilines is 2. The average Bonchev–Trinajstić information content (AvgIpc) is 2.92. The first-order chi connectivity index (χ1) is 14.4. The summed E-state index contributed by atoms with van der Waals surface area (Å²) >= 11 is 0. The molecule has 1 heterocycles. The molecule has 0 bridgehead atoms. The molecule has 10 heteroatoms. The molecule has 1 aliphatic heterocycles. The van der Waals surface area contributed by atoms with E-state index in [9.17, 15) is 27.6 Å². The molecule has 2 aromatic carbocycles. The fraction of sp³-hybridized carbons (Fsp3) is 0.286. The lowest BCUT2D eigenvalue weighted by atomic mass is 9.92. The predicted octanol–water partition coefficient (Wildman–Crippen LogP) is 3.18. The number of imide groups is 1. The van der Waals surface area contributed by atoms with Gasteiger partial charge in [0.25, 0.3) is 5.91 Å². The Morgan fingerprint density at radius 1 is 1.13 bits per heavy atom. The normalized spacial score (nSPS) is 18.7. The van der Waals surface area contributed by atoms with E-state index >= 15 is 0 Å². The number of benzene rings is 2. The van der Waals surface area contributed by atoms with Gasteiger partial charge >= 0.3 is 12.2 Å². The lowest BCUT2D eigenvalue weighted by Crippen LogP contribution is -2.42. The van der Waals surface area contributed by atoms with E-state index < -0.39 is 47.4 Å². The van der Waals surface area contributed by atoms with Crippen LogP contribution in [0.5, 0.6) is 0 Å². The highest BCUT2D eigenvalue weighted by molar-refractivity contribution is 6.10. The number of hydrogen-bond acceptors (Lipinski definition) is 4. The number of nitrogens with one attached hydrogen (secondary N) is 2. The van der Waals surface area contributed by atoms with Crippen LogP contribution in [0.2, 0.25) is 0 Å². The van der Waals surface area contributed by atoms with Crippen molar-refractivity contribution in [2.75, 3.05) is 30.9 Å². The smallest absolute Gasteiger partial charge is 0.378 e. The van der Waals surface area contributed by atoms with Gasteiger partial charge < -0.3 is 15.5 Å². The Labute approximate surface area is 176 Å². The van der Waals surface area contributed by atoms with E-state index in [-0.39, 0.29) is 0 Å². The minimum atomic E-state index is -4.71. The zero-order valence-corrected chi connectivity index (χ0v) is 17.1. The Bertz CT molecular complexity index is 1020. The van der Waals surface area contributed by atoms with Crippen molar-refractivity contribution < 1.29 is 27.6 Å². The van der Waals surface area contributed by atoms with E-state index in [1.54, 1.807) is 44.4 Å². The molecule has 0 aromatic heterocycles. The Hall–Kier alpha value is -3.56. The average molecular weight is 434 g/mol. The molecule has 3 rings (SSSR count). The first-order valence-electron chi connectivity index (χ1n) is 9.31. The van der Waals surface area contributed by atoms with Gasteiger partial charge in [-0.05, 0) is 30.7 Å². The first-order valence-corrected chi connectivity index (χ1v) is 9.31. The molecule has 0 saturated carbocycles. The van der Waals surface area contributed by atoms with Gasteiger partial charge in [0.15, 0.2) is 0 Å². The van der Waals surface area contributed by atoms with Crippen LogP contribution >= 0.6 is 0 Å². The van der Waals surface area contributed by atoms with Crippen LogP contribution in [0.25, 0.3) is 0 Å². The Morgan fingerprint density at radius 2 is 1.77 bits per heavy atom. The van der Waals surface area contributed by atoms with Crippen molar-refractivity contribution in [1.29, 1.82) is 0 Å². The zero-order chi connectivity index (χ0) is 23.0. The van der Waals surface area contributed by atoms with Gasteiger partial charge in [0.2, 0.25) is 5.91 Å². The molecule has 0 spiro atoms. The van der Waals surface area contributed by atoms with Gasteiger partial charge in [-0.3, -0.25) is 14.5 Å². The molecule has 0 aliphatic carbocycles. The lowest BCUT2D eigenvalue weighted by Gasteiger charge is -2.22. The number of hydrogen-bond donors (Lipinski definition) is 2. The fourth-order valence-electron chi connectivity index (χ4n) is 3.29. The van der Waals surface area contributed by atoms with Crippen molar-refractivity contribution in [1.82, 2.24) is 10.2 Å². The van der Waals surface area contributed by atoms with Crippen LogP contribution in [0.3, 0.4) is 0 Å². The fourth-order valence-corrected chi connectivity index (χ4v) is 3.29. The molecular weight excluding hydrogens is 413 g/mol. The maximum Gasteiger partial charge on any atom is 0.418 e. The third-order valence-corrected chi connectivity index (χ3v) is 5.03. The summed E-state index contributed by atoms with van der Waals surface area (Å²) in [5, 5.41) is 4.71. The topological polar surface area (TPSA) is 81.8 Å². The van der Waals surface area contributed by atoms with Gasteiger partial charge in [0.05, 0.1) is 11.3 Å². The summed E-state index contributed by atoms with van der Waals surface area (Å²) in [6.45, 7) is 0.780. The van der Waals surface area contributed by atoms with Crippen LogP contribution < -0.4 is 15.5 Å². The quantitative estimate of drug-likeness (QED) is 0.709. The van der Waals surface area contributed by atoms with Crippen molar-refractivity contribution in [2.45, 2.75) is 18.6 Å². The van der Waals surface area contributed by atoms with Gasteiger partial charge in [-0.15, -0.1) is 0 Å². The Kier molecular flexibility index (Phi) is 5.66. The number of amides is 4. The molecular formula is C21H21F3N4O3. The van der Waals surface area contributed by atoms with Crippen LogP contribution in [0, 0.1) is 0 Å². The summed E-state index contributed by atoms with van der Waals surface area (Å²) in [7, 11) is 3.18. The maximum absolute atomic E-state index is 13.5. The van der Waals surface area contributed by atoms with Crippen molar-refractivity contribution >= 4 is 29.2 Å². The van der Waals surface area contributed by atoms with E-state index in [2.05, 4.69) is 10.6 Å². The van der Waals surface area contributed by atoms with E-state index in [1.165, 1.54) is 17.9 Å². The summed E-state index contributed by atoms with van der Waals surface area (Å²) in [4.78, 5) is 39.8. The van der Waals surface area contributed by atoms with Gasteiger partial charge in [-0.2, -0.15) is 13.2 Å². The molecule has 1 saturated heterocycles. The van der Waals surface area contributed by atoms with Crippen LogP contribution in [-0.2, 0) is 21.3 Å². The monoisotopic (exact) mass is 434 g/mol. The first kappa shape index (κ1) is 22.1. The highest BCUT2D eigenvalue weighted by atomic mass is 19.4. The molecule has 1 aliphatic rings. The molecule has 0 radical (unpaired) electrons. The molecule has 2 N–H and O–H groups in total. The molecule has 31 heavy (non-hydrogen) atoms. The number of alkyl halides is 3. The molecule has 7 nitrogen and oxygen atoms in total. The third-order valence-electron chi connectivity index (χ3n) is 5.03. The minimum Gasteiger partial charge on any atom is -0.378 e. The number of carbonyl (C=O) groups is 3. The van der Waals surface area contributed by atoms with E-state index in [0.717, 1.165) is 12.1 Å². The molecule has 164 valence electrons. The summed E-state index contributed by atoms with van der Waals surface area (Å²) in [6.07, 6.45) is -4.71. The lowest BCUT2D eigenvalue weighted by molar-refractivity contribution is -0.137. The van der Waals surface area contributed by atoms with Gasteiger partial charge in [0.1, 0.15) is 12.1 Å². The summed E-state index contributed by atoms with van der Waals surface area (Å²) in [5.74, 6) is -1.60. The third kappa shape index (κ3) is 4.32. The Balaban J connectivity index is 1.80. The Morgan fingerprint density at radius 3 is 2.35 bits per heavy atom. The molecule has 2 aromatic rings. The summed E-state index contributed by atoms with van der Waals surface area (Å²) < 4.78 is 40.4. The van der Waals surface area contributed by atoms with E-state index in [0.29, 0.717) is 16.2 Å². The van der Waals surface area contributed by atoms with Crippen molar-refractivity contribution in [2.24, 2.45) is 0 Å². The largest absolute Gasteiger partial charge is 0.418 e. The van der Waals surface area contributed by atoms with Crippen LogP contribution in [0.15, 0.2) is 48.5 Å². The van der Waals surface area contributed by atoms with E-state index in [4.69, 9.17) is 0 Å². The maximum atomic E-state index is 13.5. The van der Waals surface area contributed by atoms with Crippen molar-refractivity contribution in [3.05, 3.63) is 59.7 Å². The predicted molar refractivity (Wildman–Crippen MR) is 108 cm³/mol. The second-order valence-electron chi connectivity index (χ2n) is 7.48. The minimum absolute atomic E-state index is 0.304. The highest BCUT2D eigenvalue weighted by Crippen LogP contribution is 2.37.